The number of H-pyrrole nitrogens is 1. The van der Waals surface area contributed by atoms with Gasteiger partial charge in [0.2, 0.25) is 5.82 Å². The van der Waals surface area contributed by atoms with Gasteiger partial charge in [0.15, 0.2) is 5.82 Å². The van der Waals surface area contributed by atoms with Crippen LogP contribution in [0.3, 0.4) is 0 Å². The second-order valence-electron chi connectivity index (χ2n) is 9.34. The highest BCUT2D eigenvalue weighted by atomic mass is 19.3. The topological polar surface area (TPSA) is 85.2 Å². The summed E-state index contributed by atoms with van der Waals surface area (Å²) in [6, 6.07) is 16.2. The maximum absolute atomic E-state index is 14.5. The summed E-state index contributed by atoms with van der Waals surface area (Å²) in [5.41, 5.74) is 4.22. The molecule has 4 aromatic rings. The summed E-state index contributed by atoms with van der Waals surface area (Å²) >= 11 is 0. The minimum absolute atomic E-state index is 0.247. The molecule has 0 aliphatic heterocycles. The maximum Gasteiger partial charge on any atom is 0.308 e. The summed E-state index contributed by atoms with van der Waals surface area (Å²) < 4.78 is 30.7. The highest BCUT2D eigenvalue weighted by molar-refractivity contribution is 5.55. The third kappa shape index (κ3) is 6.35. The fourth-order valence-corrected chi connectivity index (χ4v) is 3.97. The Kier molecular flexibility index (Phi) is 7.63. The van der Waals surface area contributed by atoms with Gasteiger partial charge in [-0.25, -0.2) is 14.8 Å². The first-order valence-electron chi connectivity index (χ1n) is 12.1. The summed E-state index contributed by atoms with van der Waals surface area (Å²) in [5.74, 6) is -1.67. The van der Waals surface area contributed by atoms with Crippen molar-refractivity contribution in [2.45, 2.75) is 65.3 Å². The van der Waals surface area contributed by atoms with Gasteiger partial charge in [0.05, 0.1) is 6.54 Å². The third-order valence-electron chi connectivity index (χ3n) is 5.89. The Morgan fingerprint density at radius 2 is 1.80 bits per heavy atom. The minimum Gasteiger partial charge on any atom is -0.245 e. The fraction of sp³-hybridized carbons (Fsp3) is 0.423. The van der Waals surface area contributed by atoms with E-state index in [4.69, 9.17) is 0 Å². The van der Waals surface area contributed by atoms with Crippen LogP contribution in [0.5, 0.6) is 0 Å². The van der Waals surface area contributed by atoms with Crippen LogP contribution in [-0.2, 0) is 25.3 Å². The quantitative estimate of drug-likeness (QED) is 0.304. The Bertz CT molecular complexity index is 1210. The van der Waals surface area contributed by atoms with E-state index in [0.29, 0.717) is 37.0 Å². The van der Waals surface area contributed by atoms with Gasteiger partial charge in [-0.2, -0.15) is 8.78 Å². The zero-order chi connectivity index (χ0) is 24.8. The van der Waals surface area contributed by atoms with E-state index in [0.717, 1.165) is 35.1 Å². The molecule has 7 nitrogen and oxygen atoms in total. The molecule has 4 rings (SSSR count). The highest BCUT2D eigenvalue weighted by Gasteiger charge is 2.36. The van der Waals surface area contributed by atoms with Crippen molar-refractivity contribution >= 4 is 0 Å². The lowest BCUT2D eigenvalue weighted by Crippen LogP contribution is -2.15. The van der Waals surface area contributed by atoms with E-state index in [9.17, 15) is 8.78 Å². The van der Waals surface area contributed by atoms with Gasteiger partial charge < -0.3 is 0 Å². The van der Waals surface area contributed by atoms with Crippen molar-refractivity contribution < 1.29 is 8.78 Å². The molecule has 184 valence electrons. The molecule has 0 aliphatic carbocycles. The summed E-state index contributed by atoms with van der Waals surface area (Å²) in [4.78, 5) is 4.26. The fourth-order valence-electron chi connectivity index (χ4n) is 3.97. The number of hydrogen-bond acceptors (Lipinski definition) is 5. The van der Waals surface area contributed by atoms with Crippen molar-refractivity contribution in [3.8, 4) is 11.4 Å². The molecule has 0 amide bonds. The van der Waals surface area contributed by atoms with Crippen molar-refractivity contribution in [3.05, 3.63) is 76.9 Å². The second kappa shape index (κ2) is 10.8. The summed E-state index contributed by atoms with van der Waals surface area (Å²) in [6.07, 6.45) is 2.39. The molecule has 0 saturated heterocycles. The molecule has 2 aromatic heterocycles. The molecule has 0 unspecified atom stereocenters. The van der Waals surface area contributed by atoms with Gasteiger partial charge in [-0.05, 0) is 58.4 Å². The Balaban J connectivity index is 1.49. The zero-order valence-corrected chi connectivity index (χ0v) is 20.4. The lowest BCUT2D eigenvalue weighted by atomic mass is 10.0. The predicted octanol–water partition coefficient (Wildman–Crippen LogP) is 5.58. The molecule has 35 heavy (non-hydrogen) atoms. The Morgan fingerprint density at radius 1 is 1.03 bits per heavy atom. The van der Waals surface area contributed by atoms with Gasteiger partial charge in [0.1, 0.15) is 5.82 Å². The van der Waals surface area contributed by atoms with Gasteiger partial charge in [0.25, 0.3) is 0 Å². The number of nitrogens with zero attached hydrogens (tertiary/aromatic N) is 6. The largest absolute Gasteiger partial charge is 0.308 e. The number of aromatic nitrogens is 7. The van der Waals surface area contributed by atoms with Crippen LogP contribution in [0.2, 0.25) is 0 Å². The standard InChI is InChI=1S/C26H31F2N7/c1-4-14-26(27,28)25-29-23(13-8-18(2)3)35(32-25)17-20-11-9-19(10-12-20)15-21-6-5-7-22(16-21)24-30-33-34-31-24/h5-7,9-12,16,18H,4,8,13-15,17H2,1-3H3,(H,30,31,33,34). The van der Waals surface area contributed by atoms with E-state index in [1.165, 1.54) is 0 Å². The van der Waals surface area contributed by atoms with Crippen LogP contribution in [0.1, 0.15) is 68.4 Å². The Labute approximate surface area is 204 Å². The van der Waals surface area contributed by atoms with Crippen molar-refractivity contribution in [3.63, 3.8) is 0 Å². The molecule has 9 heteroatoms. The average Bonchev–Trinajstić information content (AvgIpc) is 3.50. The monoisotopic (exact) mass is 479 g/mol. The third-order valence-corrected chi connectivity index (χ3v) is 5.89. The molecular formula is C26H31F2N7. The maximum atomic E-state index is 14.5. The molecule has 0 spiro atoms. The molecule has 0 aliphatic rings. The summed E-state index contributed by atoms with van der Waals surface area (Å²) in [7, 11) is 0. The van der Waals surface area contributed by atoms with Crippen LogP contribution in [-0.4, -0.2) is 35.4 Å². The molecule has 0 atom stereocenters. The van der Waals surface area contributed by atoms with Crippen molar-refractivity contribution in [2.24, 2.45) is 5.92 Å². The smallest absolute Gasteiger partial charge is 0.245 e. The molecule has 0 saturated carbocycles. The van der Waals surface area contributed by atoms with Crippen LogP contribution in [0.15, 0.2) is 48.5 Å². The Hall–Kier alpha value is -3.49. The predicted molar refractivity (Wildman–Crippen MR) is 130 cm³/mol. The number of hydrogen-bond donors (Lipinski definition) is 1. The van der Waals surface area contributed by atoms with E-state index in [-0.39, 0.29) is 12.2 Å². The van der Waals surface area contributed by atoms with E-state index in [2.05, 4.69) is 68.8 Å². The van der Waals surface area contributed by atoms with E-state index >= 15 is 0 Å². The van der Waals surface area contributed by atoms with Crippen LogP contribution in [0.4, 0.5) is 8.78 Å². The molecular weight excluding hydrogens is 448 g/mol. The number of tetrazole rings is 1. The zero-order valence-electron chi connectivity index (χ0n) is 20.4. The highest BCUT2D eigenvalue weighted by Crippen LogP contribution is 2.31. The second-order valence-corrected chi connectivity index (χ2v) is 9.34. The first-order valence-corrected chi connectivity index (χ1v) is 12.1. The molecule has 0 fully saturated rings. The van der Waals surface area contributed by atoms with Gasteiger partial charge in [-0.1, -0.05) is 63.2 Å². The molecule has 0 radical (unpaired) electrons. The van der Waals surface area contributed by atoms with Gasteiger partial charge >= 0.3 is 5.92 Å². The van der Waals surface area contributed by atoms with Crippen molar-refractivity contribution in [1.82, 2.24) is 35.4 Å². The minimum atomic E-state index is -3.01. The molecule has 2 aromatic carbocycles. The molecule has 1 N–H and O–H groups in total. The number of rotatable bonds is 11. The summed E-state index contributed by atoms with van der Waals surface area (Å²) in [6.45, 7) is 6.39. The van der Waals surface area contributed by atoms with Gasteiger partial charge in [0, 0.05) is 18.4 Å². The van der Waals surface area contributed by atoms with E-state index in [1.54, 1.807) is 11.6 Å². The van der Waals surface area contributed by atoms with Gasteiger partial charge in [-0.15, -0.1) is 10.2 Å². The van der Waals surface area contributed by atoms with Gasteiger partial charge in [-0.3, -0.25) is 0 Å². The first kappa shape index (κ1) is 24.6. The van der Waals surface area contributed by atoms with E-state index < -0.39 is 5.92 Å². The number of benzene rings is 2. The number of nitrogens with one attached hydrogen (secondary N) is 1. The van der Waals surface area contributed by atoms with Crippen molar-refractivity contribution in [1.29, 1.82) is 0 Å². The van der Waals surface area contributed by atoms with Crippen molar-refractivity contribution in [2.75, 3.05) is 0 Å². The number of halogens is 2. The molecule has 2 heterocycles. The average molecular weight is 480 g/mol. The number of alkyl halides is 2. The van der Waals surface area contributed by atoms with Crippen LogP contribution in [0.25, 0.3) is 11.4 Å². The number of aromatic amines is 1. The Morgan fingerprint density at radius 3 is 2.49 bits per heavy atom. The number of aryl methyl sites for hydroxylation is 1. The first-order chi connectivity index (χ1) is 16.8. The van der Waals surface area contributed by atoms with Crippen LogP contribution in [0, 0.1) is 5.92 Å². The van der Waals surface area contributed by atoms with Crippen LogP contribution >= 0.6 is 0 Å². The lowest BCUT2D eigenvalue weighted by Gasteiger charge is -2.10. The molecule has 0 bridgehead atoms. The van der Waals surface area contributed by atoms with Crippen LogP contribution < -0.4 is 0 Å². The summed E-state index contributed by atoms with van der Waals surface area (Å²) in [5, 5.41) is 18.2. The SMILES string of the molecule is CCCC(F)(F)c1nc(CCC(C)C)n(Cc2ccc(Cc3cccc(-c4nnn[nH]4)c3)cc2)n1. The lowest BCUT2D eigenvalue weighted by molar-refractivity contribution is -0.0232. The van der Waals surface area contributed by atoms with E-state index in [1.807, 2.05) is 24.3 Å². The normalized spacial score (nSPS) is 11.9.